The van der Waals surface area contributed by atoms with Crippen LogP contribution < -0.4 is 5.32 Å². The van der Waals surface area contributed by atoms with E-state index < -0.39 is 5.79 Å². The Balaban J connectivity index is 1.37. The van der Waals surface area contributed by atoms with Crippen molar-refractivity contribution in [3.8, 4) is 0 Å². The number of rotatable bonds is 3. The second-order valence-electron chi connectivity index (χ2n) is 7.69. The molecule has 3 aliphatic rings. The summed E-state index contributed by atoms with van der Waals surface area (Å²) >= 11 is 0. The molecule has 4 rings (SSSR count). The Morgan fingerprint density at radius 1 is 1.08 bits per heavy atom. The number of anilines is 1. The second kappa shape index (κ2) is 7.92. The number of carbonyl (C=O) groups is 1. The molecule has 1 N–H and O–H groups in total. The van der Waals surface area contributed by atoms with E-state index in [9.17, 15) is 4.79 Å². The van der Waals surface area contributed by atoms with E-state index in [1.54, 1.807) is 6.20 Å². The summed E-state index contributed by atoms with van der Waals surface area (Å²) in [5.74, 6) is -0.396. The number of piperidine rings is 1. The number of aromatic nitrogens is 1. The zero-order chi connectivity index (χ0) is 17.8. The quantitative estimate of drug-likeness (QED) is 0.840. The molecule has 0 unspecified atom stereocenters. The first-order valence-electron chi connectivity index (χ1n) is 10.0. The third kappa shape index (κ3) is 4.01. The molecule has 0 radical (unpaired) electrons. The first kappa shape index (κ1) is 17.7. The van der Waals surface area contributed by atoms with Gasteiger partial charge in [-0.15, -0.1) is 0 Å². The van der Waals surface area contributed by atoms with Crippen LogP contribution in [0.5, 0.6) is 0 Å². The number of hydrogen-bond acceptors (Lipinski definition) is 5. The van der Waals surface area contributed by atoms with Crippen molar-refractivity contribution < 1.29 is 14.3 Å². The highest BCUT2D eigenvalue weighted by molar-refractivity contribution is 5.94. The van der Waals surface area contributed by atoms with E-state index in [0.717, 1.165) is 18.5 Å². The predicted molar refractivity (Wildman–Crippen MR) is 99.1 cm³/mol. The molecule has 1 amide bonds. The van der Waals surface area contributed by atoms with Gasteiger partial charge in [0, 0.05) is 44.4 Å². The fraction of sp³-hybridized carbons (Fsp3) is 0.700. The SMILES string of the molecule is O=C(c1cncc(NC2CCCCCC2)c1)N1CCC2(CC1)OCCO2. The molecule has 1 saturated carbocycles. The molecule has 0 bridgehead atoms. The van der Waals surface area contributed by atoms with Crippen LogP contribution in [-0.4, -0.2) is 53.9 Å². The van der Waals surface area contributed by atoms with Gasteiger partial charge in [-0.1, -0.05) is 25.7 Å². The highest BCUT2D eigenvalue weighted by Gasteiger charge is 2.40. The van der Waals surface area contributed by atoms with E-state index in [1.807, 2.05) is 17.2 Å². The van der Waals surface area contributed by atoms with Crippen LogP contribution in [0.15, 0.2) is 18.5 Å². The lowest BCUT2D eigenvalue weighted by molar-refractivity contribution is -0.181. The van der Waals surface area contributed by atoms with Crippen molar-refractivity contribution in [3.05, 3.63) is 24.0 Å². The lowest BCUT2D eigenvalue weighted by Crippen LogP contribution is -2.47. The van der Waals surface area contributed by atoms with Crippen molar-refractivity contribution in [2.75, 3.05) is 31.6 Å². The number of ether oxygens (including phenoxy) is 2. The Hall–Kier alpha value is -1.66. The van der Waals surface area contributed by atoms with E-state index in [0.29, 0.717) is 37.9 Å². The van der Waals surface area contributed by atoms with E-state index >= 15 is 0 Å². The predicted octanol–water partition coefficient (Wildman–Crippen LogP) is 3.20. The largest absolute Gasteiger partial charge is 0.381 e. The number of pyridine rings is 1. The number of nitrogens with zero attached hydrogens (tertiary/aromatic N) is 2. The zero-order valence-electron chi connectivity index (χ0n) is 15.4. The first-order valence-corrected chi connectivity index (χ1v) is 10.0. The lowest BCUT2D eigenvalue weighted by atomic mass is 10.0. The Labute approximate surface area is 155 Å². The van der Waals surface area contributed by atoms with E-state index in [1.165, 1.54) is 38.5 Å². The van der Waals surface area contributed by atoms with Crippen LogP contribution in [0.3, 0.4) is 0 Å². The molecule has 2 aliphatic heterocycles. The maximum atomic E-state index is 12.9. The van der Waals surface area contributed by atoms with Crippen LogP contribution in [0.25, 0.3) is 0 Å². The molecular formula is C20H29N3O3. The van der Waals surface area contributed by atoms with Gasteiger partial charge >= 0.3 is 0 Å². The zero-order valence-corrected chi connectivity index (χ0v) is 15.4. The summed E-state index contributed by atoms with van der Waals surface area (Å²) in [6, 6.07) is 2.45. The van der Waals surface area contributed by atoms with Gasteiger partial charge < -0.3 is 19.7 Å². The summed E-state index contributed by atoms with van der Waals surface area (Å²) in [6.45, 7) is 2.65. The van der Waals surface area contributed by atoms with Crippen molar-refractivity contribution in [1.82, 2.24) is 9.88 Å². The first-order chi connectivity index (χ1) is 12.7. The van der Waals surface area contributed by atoms with E-state index in [-0.39, 0.29) is 5.91 Å². The monoisotopic (exact) mass is 359 g/mol. The molecule has 3 fully saturated rings. The van der Waals surface area contributed by atoms with Gasteiger partial charge in [0.05, 0.1) is 24.5 Å². The fourth-order valence-corrected chi connectivity index (χ4v) is 4.31. The number of amides is 1. The van der Waals surface area contributed by atoms with Crippen LogP contribution >= 0.6 is 0 Å². The van der Waals surface area contributed by atoms with Crippen LogP contribution in [0.4, 0.5) is 5.69 Å². The average molecular weight is 359 g/mol. The van der Waals surface area contributed by atoms with Crippen LogP contribution in [0.2, 0.25) is 0 Å². The van der Waals surface area contributed by atoms with Crippen LogP contribution in [0.1, 0.15) is 61.7 Å². The third-order valence-electron chi connectivity index (χ3n) is 5.84. The molecule has 1 aromatic rings. The fourth-order valence-electron chi connectivity index (χ4n) is 4.31. The standard InChI is InChI=1S/C20H29N3O3/c24-19(23-9-7-20(8-10-23)25-11-12-26-20)16-13-18(15-21-14-16)22-17-5-3-1-2-4-6-17/h13-15,17,22H,1-12H2. The molecule has 0 atom stereocenters. The smallest absolute Gasteiger partial charge is 0.255 e. The van der Waals surface area contributed by atoms with Gasteiger partial charge in [-0.2, -0.15) is 0 Å². The Morgan fingerprint density at radius 2 is 1.77 bits per heavy atom. The normalized spacial score (nSPS) is 23.8. The van der Waals surface area contributed by atoms with E-state index in [2.05, 4.69) is 10.3 Å². The molecule has 3 heterocycles. The maximum Gasteiger partial charge on any atom is 0.255 e. The molecule has 142 valence electrons. The molecule has 1 spiro atoms. The van der Waals surface area contributed by atoms with Gasteiger partial charge in [0.25, 0.3) is 5.91 Å². The minimum Gasteiger partial charge on any atom is -0.381 e. The highest BCUT2D eigenvalue weighted by Crippen LogP contribution is 2.32. The Bertz CT molecular complexity index is 612. The third-order valence-corrected chi connectivity index (χ3v) is 5.84. The minimum absolute atomic E-state index is 0.0508. The van der Waals surface area contributed by atoms with Crippen LogP contribution in [-0.2, 0) is 9.47 Å². The molecule has 6 heteroatoms. The topological polar surface area (TPSA) is 63.7 Å². The highest BCUT2D eigenvalue weighted by atomic mass is 16.7. The second-order valence-corrected chi connectivity index (χ2v) is 7.69. The Morgan fingerprint density at radius 3 is 2.46 bits per heavy atom. The van der Waals surface area contributed by atoms with Gasteiger partial charge in [0.1, 0.15) is 0 Å². The van der Waals surface area contributed by atoms with Gasteiger partial charge in [-0.25, -0.2) is 0 Å². The summed E-state index contributed by atoms with van der Waals surface area (Å²) in [4.78, 5) is 19.1. The molecule has 1 aromatic heterocycles. The summed E-state index contributed by atoms with van der Waals surface area (Å²) in [6.07, 6.45) is 12.6. The van der Waals surface area contributed by atoms with Crippen molar-refractivity contribution in [2.24, 2.45) is 0 Å². The summed E-state index contributed by atoms with van der Waals surface area (Å²) in [7, 11) is 0. The van der Waals surface area contributed by atoms with Gasteiger partial charge in [-0.05, 0) is 18.9 Å². The van der Waals surface area contributed by atoms with E-state index in [4.69, 9.17) is 9.47 Å². The van der Waals surface area contributed by atoms with Gasteiger partial charge in [0.2, 0.25) is 0 Å². The van der Waals surface area contributed by atoms with Crippen molar-refractivity contribution in [1.29, 1.82) is 0 Å². The van der Waals surface area contributed by atoms with Crippen molar-refractivity contribution in [3.63, 3.8) is 0 Å². The number of likely N-dealkylation sites (tertiary alicyclic amines) is 1. The van der Waals surface area contributed by atoms with Crippen molar-refractivity contribution >= 4 is 11.6 Å². The summed E-state index contributed by atoms with van der Waals surface area (Å²) in [5, 5.41) is 3.59. The summed E-state index contributed by atoms with van der Waals surface area (Å²) < 4.78 is 11.5. The summed E-state index contributed by atoms with van der Waals surface area (Å²) in [5.41, 5.74) is 1.62. The lowest BCUT2D eigenvalue weighted by Gasteiger charge is -2.37. The molecule has 6 nitrogen and oxygen atoms in total. The minimum atomic E-state index is -0.447. The van der Waals surface area contributed by atoms with Gasteiger partial charge in [-0.3, -0.25) is 9.78 Å². The van der Waals surface area contributed by atoms with Crippen LogP contribution in [0, 0.1) is 0 Å². The molecule has 1 aliphatic carbocycles. The maximum absolute atomic E-state index is 12.9. The molecule has 0 aromatic carbocycles. The van der Waals surface area contributed by atoms with Crippen molar-refractivity contribution in [2.45, 2.75) is 63.2 Å². The molecule has 26 heavy (non-hydrogen) atoms. The molecule has 2 saturated heterocycles. The number of nitrogens with one attached hydrogen (secondary N) is 1. The number of carbonyl (C=O) groups excluding carboxylic acids is 1. The molecular weight excluding hydrogens is 330 g/mol. The Kier molecular flexibility index (Phi) is 5.41. The van der Waals surface area contributed by atoms with Gasteiger partial charge in [0.15, 0.2) is 5.79 Å². The number of hydrogen-bond donors (Lipinski definition) is 1. The average Bonchev–Trinajstić information content (AvgIpc) is 2.96.